The van der Waals surface area contributed by atoms with Crippen LogP contribution in [0.15, 0.2) is 0 Å². The minimum absolute atomic E-state index is 0.202. The van der Waals surface area contributed by atoms with Crippen LogP contribution in [0.5, 0.6) is 0 Å². The van der Waals surface area contributed by atoms with Gasteiger partial charge in [0.15, 0.2) is 0 Å². The lowest BCUT2D eigenvalue weighted by Gasteiger charge is -2.25. The van der Waals surface area contributed by atoms with Crippen LogP contribution in [-0.2, 0) is 14.3 Å². The van der Waals surface area contributed by atoms with Gasteiger partial charge in [0.05, 0.1) is 12.6 Å². The number of aliphatic hydroxyl groups excluding tert-OH is 1. The average molecular weight is 419 g/mol. The van der Waals surface area contributed by atoms with Crippen LogP contribution in [0.25, 0.3) is 0 Å². The third-order valence-electron chi connectivity index (χ3n) is 3.43. The van der Waals surface area contributed by atoms with Gasteiger partial charge in [0.25, 0.3) is 0 Å². The Morgan fingerprint density at radius 1 is 0.931 bits per heavy atom. The molecule has 0 radical (unpaired) electrons. The molecular weight excluding hydrogens is 380 g/mol. The summed E-state index contributed by atoms with van der Waals surface area (Å²) in [4.78, 5) is 36.2. The minimum Gasteiger partial charge on any atom is -0.444 e. The molecule has 3 amide bonds. The topological polar surface area (TPSA) is 152 Å². The molecule has 0 aromatic carbocycles. The summed E-state index contributed by atoms with van der Waals surface area (Å²) in [5.74, 6) is -0.458. The zero-order chi connectivity index (χ0) is 22.7. The van der Waals surface area contributed by atoms with Crippen molar-refractivity contribution in [2.45, 2.75) is 84.1 Å². The summed E-state index contributed by atoms with van der Waals surface area (Å²) in [5.41, 5.74) is 4.20. The molecule has 0 saturated heterocycles. The first-order valence-corrected chi connectivity index (χ1v) is 9.85. The van der Waals surface area contributed by atoms with Gasteiger partial charge >= 0.3 is 12.2 Å². The van der Waals surface area contributed by atoms with E-state index in [1.165, 1.54) is 0 Å². The van der Waals surface area contributed by atoms with E-state index in [0.29, 0.717) is 19.4 Å². The predicted molar refractivity (Wildman–Crippen MR) is 109 cm³/mol. The lowest BCUT2D eigenvalue weighted by molar-refractivity contribution is -0.124. The highest BCUT2D eigenvalue weighted by Crippen LogP contribution is 2.08. The number of carbonyl (C=O) groups is 3. The highest BCUT2D eigenvalue weighted by atomic mass is 16.6. The number of rotatable bonds is 10. The fourth-order valence-electron chi connectivity index (χ4n) is 2.21. The summed E-state index contributed by atoms with van der Waals surface area (Å²) in [6.45, 7) is 10.7. The molecule has 0 rings (SSSR count). The van der Waals surface area contributed by atoms with Crippen LogP contribution < -0.4 is 21.7 Å². The van der Waals surface area contributed by atoms with E-state index in [4.69, 9.17) is 15.2 Å². The zero-order valence-electron chi connectivity index (χ0n) is 18.5. The van der Waals surface area contributed by atoms with E-state index in [-0.39, 0.29) is 19.6 Å². The fraction of sp³-hybridized carbons (Fsp3) is 0.842. The Morgan fingerprint density at radius 3 is 1.97 bits per heavy atom. The van der Waals surface area contributed by atoms with Gasteiger partial charge in [0.2, 0.25) is 5.91 Å². The van der Waals surface area contributed by atoms with Crippen molar-refractivity contribution in [1.82, 2.24) is 16.0 Å². The maximum absolute atomic E-state index is 12.6. The van der Waals surface area contributed by atoms with Crippen LogP contribution in [0.2, 0.25) is 0 Å². The van der Waals surface area contributed by atoms with Crippen molar-refractivity contribution < 1.29 is 29.0 Å². The molecule has 0 aliphatic carbocycles. The molecule has 29 heavy (non-hydrogen) atoms. The molecule has 170 valence electrons. The molecule has 0 saturated carbocycles. The molecule has 10 nitrogen and oxygen atoms in total. The first-order chi connectivity index (χ1) is 13.3. The number of alkyl carbamates (subject to hydrolysis) is 2. The smallest absolute Gasteiger partial charge is 0.408 e. The van der Waals surface area contributed by atoms with Crippen LogP contribution in [0, 0.1) is 0 Å². The predicted octanol–water partition coefficient (Wildman–Crippen LogP) is 1.01. The van der Waals surface area contributed by atoms with Gasteiger partial charge in [-0.3, -0.25) is 4.79 Å². The van der Waals surface area contributed by atoms with Crippen LogP contribution in [0.1, 0.15) is 60.8 Å². The largest absolute Gasteiger partial charge is 0.444 e. The lowest BCUT2D eigenvalue weighted by atomic mass is 10.1. The second-order valence-corrected chi connectivity index (χ2v) is 8.74. The third-order valence-corrected chi connectivity index (χ3v) is 3.43. The van der Waals surface area contributed by atoms with Gasteiger partial charge in [0.1, 0.15) is 17.2 Å². The van der Waals surface area contributed by atoms with Gasteiger partial charge in [-0.15, -0.1) is 0 Å². The van der Waals surface area contributed by atoms with Gasteiger partial charge in [-0.05, 0) is 67.3 Å². The molecule has 0 heterocycles. The van der Waals surface area contributed by atoms with Crippen LogP contribution in [-0.4, -0.2) is 66.2 Å². The molecule has 0 aliphatic heterocycles. The second-order valence-electron chi connectivity index (χ2n) is 8.74. The minimum atomic E-state index is -0.846. The lowest BCUT2D eigenvalue weighted by Crippen LogP contribution is -2.52. The number of carbonyl (C=O) groups excluding carboxylic acids is 3. The van der Waals surface area contributed by atoms with Crippen molar-refractivity contribution in [2.24, 2.45) is 5.73 Å². The van der Waals surface area contributed by atoms with Gasteiger partial charge in [-0.1, -0.05) is 0 Å². The van der Waals surface area contributed by atoms with Gasteiger partial charge in [-0.2, -0.15) is 0 Å². The van der Waals surface area contributed by atoms with Crippen molar-refractivity contribution in [3.63, 3.8) is 0 Å². The van der Waals surface area contributed by atoms with Crippen molar-refractivity contribution in [1.29, 1.82) is 0 Å². The molecule has 6 N–H and O–H groups in total. The third kappa shape index (κ3) is 14.6. The summed E-state index contributed by atoms with van der Waals surface area (Å²) < 4.78 is 10.3. The Hall–Kier alpha value is -2.07. The standard InChI is InChI=1S/C19H38N4O6/c1-18(2,3)28-16(26)21-11-9-13(12-24)22-15(25)14(8-7-10-20)23-17(27)29-19(4,5)6/h13-14,24H,7-12,20H2,1-6H3,(H,21,26)(H,22,25)(H,23,27)/t13-,14-/m0/s1. The van der Waals surface area contributed by atoms with Crippen LogP contribution >= 0.6 is 0 Å². The van der Waals surface area contributed by atoms with E-state index in [9.17, 15) is 19.5 Å². The maximum atomic E-state index is 12.6. The first-order valence-electron chi connectivity index (χ1n) is 9.85. The van der Waals surface area contributed by atoms with Crippen molar-refractivity contribution in [3.8, 4) is 0 Å². The molecule has 0 aromatic rings. The van der Waals surface area contributed by atoms with Crippen molar-refractivity contribution in [2.75, 3.05) is 19.7 Å². The highest BCUT2D eigenvalue weighted by molar-refractivity contribution is 5.85. The number of nitrogens with two attached hydrogens (primary N) is 1. The van der Waals surface area contributed by atoms with E-state index in [2.05, 4.69) is 16.0 Å². The molecule has 0 unspecified atom stereocenters. The van der Waals surface area contributed by atoms with E-state index in [1.54, 1.807) is 41.5 Å². The van der Waals surface area contributed by atoms with Crippen LogP contribution in [0.4, 0.5) is 9.59 Å². The van der Waals surface area contributed by atoms with Crippen molar-refractivity contribution in [3.05, 3.63) is 0 Å². The van der Waals surface area contributed by atoms with E-state index in [1.807, 2.05) is 0 Å². The summed E-state index contributed by atoms with van der Waals surface area (Å²) in [5, 5.41) is 17.3. The number of aliphatic hydroxyl groups is 1. The molecule has 0 aromatic heterocycles. The number of hydrogen-bond donors (Lipinski definition) is 5. The second kappa shape index (κ2) is 12.5. The highest BCUT2D eigenvalue weighted by Gasteiger charge is 2.25. The Morgan fingerprint density at radius 2 is 1.48 bits per heavy atom. The Kier molecular flexibility index (Phi) is 11.6. The van der Waals surface area contributed by atoms with Gasteiger partial charge < -0.3 is 36.3 Å². The Balaban J connectivity index is 4.68. The molecule has 2 atom stereocenters. The number of nitrogens with one attached hydrogen (secondary N) is 3. The SMILES string of the molecule is CC(C)(C)OC(=O)NCC[C@@H](CO)NC(=O)[C@H](CCCN)NC(=O)OC(C)(C)C. The molecule has 10 heteroatoms. The Bertz CT molecular complexity index is 528. The first kappa shape index (κ1) is 26.9. The van der Waals surface area contributed by atoms with E-state index in [0.717, 1.165) is 0 Å². The summed E-state index contributed by atoms with van der Waals surface area (Å²) in [6.07, 6.45) is -0.139. The van der Waals surface area contributed by atoms with Crippen LogP contribution in [0.3, 0.4) is 0 Å². The molecule has 0 fully saturated rings. The number of ether oxygens (including phenoxy) is 2. The molecule has 0 bridgehead atoms. The normalized spacial score (nSPS) is 13.8. The summed E-state index contributed by atoms with van der Waals surface area (Å²) in [6, 6.07) is -1.44. The molecule has 0 spiro atoms. The quantitative estimate of drug-likeness (QED) is 0.355. The zero-order valence-corrected chi connectivity index (χ0v) is 18.5. The summed E-state index contributed by atoms with van der Waals surface area (Å²) in [7, 11) is 0. The Labute approximate surface area is 173 Å². The summed E-state index contributed by atoms with van der Waals surface area (Å²) >= 11 is 0. The van der Waals surface area contributed by atoms with Gasteiger partial charge in [-0.25, -0.2) is 9.59 Å². The fourth-order valence-corrected chi connectivity index (χ4v) is 2.21. The van der Waals surface area contributed by atoms with E-state index < -0.39 is 41.4 Å². The maximum Gasteiger partial charge on any atom is 0.408 e. The monoisotopic (exact) mass is 418 g/mol. The number of hydrogen-bond acceptors (Lipinski definition) is 7. The number of amides is 3. The molecular formula is C19H38N4O6. The molecule has 0 aliphatic rings. The van der Waals surface area contributed by atoms with E-state index >= 15 is 0 Å². The van der Waals surface area contributed by atoms with Crippen molar-refractivity contribution >= 4 is 18.1 Å². The van der Waals surface area contributed by atoms with Gasteiger partial charge in [0, 0.05) is 6.54 Å². The average Bonchev–Trinajstić information content (AvgIpc) is 2.54.